The van der Waals surface area contributed by atoms with Crippen molar-refractivity contribution in [2.45, 2.75) is 19.2 Å². The molecule has 1 saturated heterocycles. The molecule has 0 aromatic rings. The van der Waals surface area contributed by atoms with Crippen molar-refractivity contribution in [1.82, 2.24) is 10.2 Å². The van der Waals surface area contributed by atoms with Crippen LogP contribution < -0.4 is 5.32 Å². The normalized spacial score (nSPS) is 21.5. The Morgan fingerprint density at radius 3 is 2.64 bits per heavy atom. The van der Waals surface area contributed by atoms with E-state index < -0.39 is 0 Å². The molecular formula is C7H14N2O2. The van der Waals surface area contributed by atoms with Crippen molar-refractivity contribution in [1.29, 1.82) is 0 Å². The van der Waals surface area contributed by atoms with Crippen molar-refractivity contribution in [2.75, 3.05) is 20.1 Å². The molecule has 0 radical (unpaired) electrons. The van der Waals surface area contributed by atoms with Gasteiger partial charge in [0, 0.05) is 13.1 Å². The van der Waals surface area contributed by atoms with E-state index in [0.29, 0.717) is 6.47 Å². The standard InChI is InChI=1S/C7H14N2O2/c1-8-7(11-6-10)9-4-2-3-5-9/h6-8H,2-5H2,1H3. The molecule has 1 fully saturated rings. The van der Waals surface area contributed by atoms with Gasteiger partial charge in [-0.15, -0.1) is 0 Å². The van der Waals surface area contributed by atoms with Crippen molar-refractivity contribution in [2.24, 2.45) is 0 Å². The van der Waals surface area contributed by atoms with E-state index in [4.69, 9.17) is 4.74 Å². The average molecular weight is 158 g/mol. The summed E-state index contributed by atoms with van der Waals surface area (Å²) in [5, 5.41) is 2.92. The van der Waals surface area contributed by atoms with Gasteiger partial charge in [0.1, 0.15) is 0 Å². The smallest absolute Gasteiger partial charge is 0.295 e. The van der Waals surface area contributed by atoms with Crippen LogP contribution in [0.5, 0.6) is 0 Å². The first-order valence-corrected chi connectivity index (χ1v) is 3.89. The van der Waals surface area contributed by atoms with Crippen LogP contribution in [0, 0.1) is 0 Å². The third-order valence-corrected chi connectivity index (χ3v) is 1.90. The summed E-state index contributed by atoms with van der Waals surface area (Å²) in [7, 11) is 1.78. The van der Waals surface area contributed by atoms with Crippen LogP contribution in [-0.2, 0) is 9.53 Å². The molecule has 1 aliphatic rings. The maximum Gasteiger partial charge on any atom is 0.295 e. The summed E-state index contributed by atoms with van der Waals surface area (Å²) in [6.07, 6.45) is 2.16. The zero-order chi connectivity index (χ0) is 8.10. The van der Waals surface area contributed by atoms with Crippen LogP contribution in [0.25, 0.3) is 0 Å². The van der Waals surface area contributed by atoms with Crippen molar-refractivity contribution in [3.8, 4) is 0 Å². The maximum absolute atomic E-state index is 10.0. The molecule has 0 aliphatic carbocycles. The van der Waals surface area contributed by atoms with Crippen LogP contribution in [-0.4, -0.2) is 37.9 Å². The second kappa shape index (κ2) is 4.31. The molecule has 0 bridgehead atoms. The number of ether oxygens (including phenoxy) is 1. The first-order valence-electron chi connectivity index (χ1n) is 3.89. The van der Waals surface area contributed by atoms with Gasteiger partial charge in [-0.25, -0.2) is 0 Å². The lowest BCUT2D eigenvalue weighted by Crippen LogP contribution is -2.44. The Balaban J connectivity index is 2.33. The molecule has 0 aromatic carbocycles. The zero-order valence-electron chi connectivity index (χ0n) is 6.75. The molecule has 64 valence electrons. The third-order valence-electron chi connectivity index (χ3n) is 1.90. The van der Waals surface area contributed by atoms with E-state index in [1.54, 1.807) is 7.05 Å². The van der Waals surface area contributed by atoms with Crippen LogP contribution >= 0.6 is 0 Å². The van der Waals surface area contributed by atoms with Crippen molar-refractivity contribution in [3.05, 3.63) is 0 Å². The molecule has 1 heterocycles. The average Bonchev–Trinajstić information content (AvgIpc) is 2.52. The Morgan fingerprint density at radius 2 is 2.18 bits per heavy atom. The van der Waals surface area contributed by atoms with Gasteiger partial charge >= 0.3 is 0 Å². The molecule has 1 atom stereocenters. The number of rotatable bonds is 4. The summed E-state index contributed by atoms with van der Waals surface area (Å²) in [5.41, 5.74) is 0. The number of hydrogen-bond donors (Lipinski definition) is 1. The molecule has 1 aliphatic heterocycles. The molecule has 0 amide bonds. The van der Waals surface area contributed by atoms with Gasteiger partial charge < -0.3 is 4.74 Å². The van der Waals surface area contributed by atoms with E-state index >= 15 is 0 Å². The minimum Gasteiger partial charge on any atom is -0.435 e. The number of nitrogens with zero attached hydrogens (tertiary/aromatic N) is 1. The molecule has 0 spiro atoms. The van der Waals surface area contributed by atoms with E-state index in [1.807, 2.05) is 0 Å². The topological polar surface area (TPSA) is 41.6 Å². The van der Waals surface area contributed by atoms with Crippen molar-refractivity contribution in [3.63, 3.8) is 0 Å². The summed E-state index contributed by atoms with van der Waals surface area (Å²) < 4.78 is 4.81. The molecule has 11 heavy (non-hydrogen) atoms. The fourth-order valence-corrected chi connectivity index (χ4v) is 1.37. The molecule has 4 heteroatoms. The predicted molar refractivity (Wildman–Crippen MR) is 40.8 cm³/mol. The van der Waals surface area contributed by atoms with Gasteiger partial charge in [0.15, 0.2) is 0 Å². The third kappa shape index (κ3) is 2.17. The highest BCUT2D eigenvalue weighted by atomic mass is 16.6. The van der Waals surface area contributed by atoms with Crippen molar-refractivity contribution >= 4 is 6.47 Å². The number of hydrogen-bond acceptors (Lipinski definition) is 4. The lowest BCUT2D eigenvalue weighted by atomic mass is 10.4. The SMILES string of the molecule is CNC(OC=O)N1CCCC1. The lowest BCUT2D eigenvalue weighted by molar-refractivity contribution is -0.145. The lowest BCUT2D eigenvalue weighted by Gasteiger charge is -2.24. The molecule has 4 nitrogen and oxygen atoms in total. The Morgan fingerprint density at radius 1 is 1.55 bits per heavy atom. The second-order valence-electron chi connectivity index (χ2n) is 2.62. The monoisotopic (exact) mass is 158 g/mol. The Kier molecular flexibility index (Phi) is 3.32. The maximum atomic E-state index is 10.0. The number of likely N-dealkylation sites (tertiary alicyclic amines) is 1. The van der Waals surface area contributed by atoms with Gasteiger partial charge in [0.2, 0.25) is 6.35 Å². The minimum atomic E-state index is -0.227. The van der Waals surface area contributed by atoms with E-state index in [2.05, 4.69) is 10.2 Å². The summed E-state index contributed by atoms with van der Waals surface area (Å²) in [6, 6.07) is 0. The highest BCUT2D eigenvalue weighted by Crippen LogP contribution is 2.09. The van der Waals surface area contributed by atoms with Crippen molar-refractivity contribution < 1.29 is 9.53 Å². The quantitative estimate of drug-likeness (QED) is 0.453. The first kappa shape index (κ1) is 8.49. The van der Waals surface area contributed by atoms with Crippen LogP contribution in [0.3, 0.4) is 0 Å². The molecule has 1 unspecified atom stereocenters. The van der Waals surface area contributed by atoms with Gasteiger partial charge in [0.25, 0.3) is 6.47 Å². The second-order valence-corrected chi connectivity index (χ2v) is 2.62. The number of nitrogens with one attached hydrogen (secondary N) is 1. The molecule has 1 N–H and O–H groups in total. The Bertz CT molecular complexity index is 124. The molecule has 0 aromatic heterocycles. The first-order chi connectivity index (χ1) is 5.38. The Hall–Kier alpha value is -0.610. The van der Waals surface area contributed by atoms with Gasteiger partial charge in [-0.2, -0.15) is 0 Å². The van der Waals surface area contributed by atoms with Crippen LogP contribution in [0.15, 0.2) is 0 Å². The van der Waals surface area contributed by atoms with E-state index in [-0.39, 0.29) is 6.35 Å². The van der Waals surface area contributed by atoms with Gasteiger partial charge in [-0.3, -0.25) is 15.0 Å². The summed E-state index contributed by atoms with van der Waals surface area (Å²) >= 11 is 0. The largest absolute Gasteiger partial charge is 0.435 e. The van der Waals surface area contributed by atoms with Crippen LogP contribution in [0.1, 0.15) is 12.8 Å². The zero-order valence-corrected chi connectivity index (χ0v) is 6.75. The van der Waals surface area contributed by atoms with E-state index in [1.165, 1.54) is 12.8 Å². The number of carbonyl (C=O) groups excluding carboxylic acids is 1. The van der Waals surface area contributed by atoms with Gasteiger partial charge in [-0.05, 0) is 19.9 Å². The fourth-order valence-electron chi connectivity index (χ4n) is 1.37. The minimum absolute atomic E-state index is 0.227. The van der Waals surface area contributed by atoms with Crippen LogP contribution in [0.4, 0.5) is 0 Å². The predicted octanol–water partition coefficient (Wildman–Crippen LogP) is -0.242. The fraction of sp³-hybridized carbons (Fsp3) is 0.857. The van der Waals surface area contributed by atoms with Gasteiger partial charge in [0.05, 0.1) is 0 Å². The van der Waals surface area contributed by atoms with Crippen LogP contribution in [0.2, 0.25) is 0 Å². The highest BCUT2D eigenvalue weighted by molar-refractivity contribution is 5.37. The number of carbonyl (C=O) groups is 1. The summed E-state index contributed by atoms with van der Waals surface area (Å²) in [5.74, 6) is 0. The van der Waals surface area contributed by atoms with Gasteiger partial charge in [-0.1, -0.05) is 0 Å². The summed E-state index contributed by atoms with van der Waals surface area (Å²) in [4.78, 5) is 12.1. The highest BCUT2D eigenvalue weighted by Gasteiger charge is 2.20. The Labute approximate surface area is 66.5 Å². The molecular weight excluding hydrogens is 144 g/mol. The molecule has 1 rings (SSSR count). The van der Waals surface area contributed by atoms with E-state index in [0.717, 1.165) is 13.1 Å². The summed E-state index contributed by atoms with van der Waals surface area (Å²) in [6.45, 7) is 2.51. The van der Waals surface area contributed by atoms with E-state index in [9.17, 15) is 4.79 Å². The molecule has 0 saturated carbocycles.